The average Bonchev–Trinajstić information content (AvgIpc) is 3.18. The predicted octanol–water partition coefficient (Wildman–Crippen LogP) is 3.44. The number of nitrogens with one attached hydrogen (secondary N) is 1. The molecule has 0 saturated heterocycles. The van der Waals surface area contributed by atoms with Gasteiger partial charge in [0.2, 0.25) is 0 Å². The summed E-state index contributed by atoms with van der Waals surface area (Å²) in [7, 11) is 1.43. The number of aromatic amines is 1. The molecule has 5 nitrogen and oxygen atoms in total. The SMILES string of the molecule is COC1=CC(=O)N2c3ccc4[nH]cnc4c3-c3c(F)cc(F)cc3C12. The number of benzene rings is 2. The van der Waals surface area contributed by atoms with Gasteiger partial charge in [0.15, 0.2) is 0 Å². The monoisotopic (exact) mass is 339 g/mol. The van der Waals surface area contributed by atoms with Crippen LogP contribution >= 0.6 is 0 Å². The van der Waals surface area contributed by atoms with Gasteiger partial charge in [-0.2, -0.15) is 0 Å². The number of halogens is 2. The molecule has 5 rings (SSSR count). The van der Waals surface area contributed by atoms with Crippen LogP contribution in [0.5, 0.6) is 0 Å². The van der Waals surface area contributed by atoms with Crippen LogP contribution in [-0.4, -0.2) is 23.0 Å². The highest BCUT2D eigenvalue weighted by atomic mass is 19.1. The summed E-state index contributed by atoms with van der Waals surface area (Å²) in [6.45, 7) is 0. The molecule has 1 unspecified atom stereocenters. The Morgan fingerprint density at radius 2 is 2.08 bits per heavy atom. The zero-order chi connectivity index (χ0) is 17.3. The van der Waals surface area contributed by atoms with Crippen molar-refractivity contribution < 1.29 is 18.3 Å². The van der Waals surface area contributed by atoms with Crippen LogP contribution in [0.4, 0.5) is 14.5 Å². The Morgan fingerprint density at radius 1 is 1.24 bits per heavy atom. The minimum Gasteiger partial charge on any atom is -0.498 e. The van der Waals surface area contributed by atoms with Crippen LogP contribution in [0.3, 0.4) is 0 Å². The van der Waals surface area contributed by atoms with Gasteiger partial charge in [-0.1, -0.05) is 0 Å². The zero-order valence-electron chi connectivity index (χ0n) is 13.0. The van der Waals surface area contributed by atoms with Gasteiger partial charge in [-0.15, -0.1) is 0 Å². The second kappa shape index (κ2) is 4.66. The molecule has 1 aromatic heterocycles. The van der Waals surface area contributed by atoms with Crippen molar-refractivity contribution in [3.63, 3.8) is 0 Å². The minimum absolute atomic E-state index is 0.244. The van der Waals surface area contributed by atoms with Gasteiger partial charge in [0.05, 0.1) is 30.2 Å². The molecule has 2 aliphatic heterocycles. The fourth-order valence-corrected chi connectivity index (χ4v) is 3.76. The summed E-state index contributed by atoms with van der Waals surface area (Å²) >= 11 is 0. The number of nitrogens with zero attached hydrogens (tertiary/aromatic N) is 2. The smallest absolute Gasteiger partial charge is 0.255 e. The van der Waals surface area contributed by atoms with E-state index >= 15 is 0 Å². The Balaban J connectivity index is 1.94. The molecule has 1 amide bonds. The lowest BCUT2D eigenvalue weighted by Crippen LogP contribution is -2.33. The first-order chi connectivity index (χ1) is 12.1. The van der Waals surface area contributed by atoms with Crippen LogP contribution in [0.25, 0.3) is 22.2 Å². The summed E-state index contributed by atoms with van der Waals surface area (Å²) in [4.78, 5) is 21.3. The first-order valence-corrected chi connectivity index (χ1v) is 7.64. The summed E-state index contributed by atoms with van der Waals surface area (Å²) in [5, 5.41) is 0. The first kappa shape index (κ1) is 14.2. The summed E-state index contributed by atoms with van der Waals surface area (Å²) in [6, 6.07) is 4.91. The topological polar surface area (TPSA) is 58.2 Å². The summed E-state index contributed by atoms with van der Waals surface area (Å²) < 4.78 is 34.0. The molecule has 124 valence electrons. The summed E-state index contributed by atoms with van der Waals surface area (Å²) in [5.41, 5.74) is 2.82. The van der Waals surface area contributed by atoms with Crippen LogP contribution in [0, 0.1) is 11.6 Å². The van der Waals surface area contributed by atoms with Crippen LogP contribution in [0.1, 0.15) is 11.6 Å². The standard InChI is InChI=1S/C18H11F2N3O2/c1-25-13-6-14(24)23-12-3-2-11-17(22-7-21-11)16(12)15-9(18(13)23)4-8(19)5-10(15)20/h2-7,18H,1H3,(H,21,22). The van der Waals surface area contributed by atoms with E-state index in [4.69, 9.17) is 4.74 Å². The van der Waals surface area contributed by atoms with Crippen molar-refractivity contribution in [2.75, 3.05) is 12.0 Å². The molecule has 3 aromatic rings. The Labute approximate surface area is 140 Å². The fourth-order valence-electron chi connectivity index (χ4n) is 3.76. The number of H-pyrrole nitrogens is 1. The van der Waals surface area contributed by atoms with E-state index in [0.717, 1.165) is 6.07 Å². The Kier molecular flexibility index (Phi) is 2.64. The lowest BCUT2D eigenvalue weighted by molar-refractivity contribution is -0.113. The number of ether oxygens (including phenoxy) is 1. The third-order valence-corrected chi connectivity index (χ3v) is 4.73. The number of fused-ring (bicyclic) bond motifs is 8. The highest BCUT2D eigenvalue weighted by Gasteiger charge is 2.44. The Bertz CT molecular complexity index is 1100. The maximum absolute atomic E-state index is 14.8. The zero-order valence-corrected chi connectivity index (χ0v) is 13.0. The molecule has 2 aliphatic rings. The molecule has 2 aromatic carbocycles. The third kappa shape index (κ3) is 1.69. The van der Waals surface area contributed by atoms with Gasteiger partial charge in [0, 0.05) is 23.3 Å². The average molecular weight is 339 g/mol. The second-order valence-corrected chi connectivity index (χ2v) is 5.97. The molecule has 7 heteroatoms. The number of carbonyl (C=O) groups is 1. The van der Waals surface area contributed by atoms with E-state index in [2.05, 4.69) is 9.97 Å². The van der Waals surface area contributed by atoms with Gasteiger partial charge in [-0.25, -0.2) is 13.8 Å². The van der Waals surface area contributed by atoms with Crippen LogP contribution < -0.4 is 4.90 Å². The van der Waals surface area contributed by atoms with Crippen LogP contribution in [-0.2, 0) is 9.53 Å². The molecule has 0 saturated carbocycles. The quantitative estimate of drug-likeness (QED) is 0.739. The number of rotatable bonds is 1. The lowest BCUT2D eigenvalue weighted by atomic mass is 9.87. The Hall–Kier alpha value is -3.22. The molecule has 0 fully saturated rings. The van der Waals surface area contributed by atoms with Crippen molar-refractivity contribution in [3.8, 4) is 11.1 Å². The minimum atomic E-state index is -0.705. The normalized spacial score (nSPS) is 18.0. The molecule has 0 radical (unpaired) electrons. The number of hydrogen-bond acceptors (Lipinski definition) is 3. The van der Waals surface area contributed by atoms with Crippen molar-refractivity contribution in [1.82, 2.24) is 9.97 Å². The molecule has 1 N–H and O–H groups in total. The number of aromatic nitrogens is 2. The third-order valence-electron chi connectivity index (χ3n) is 4.73. The highest BCUT2D eigenvalue weighted by molar-refractivity contribution is 6.14. The van der Waals surface area contributed by atoms with Gasteiger partial charge >= 0.3 is 0 Å². The first-order valence-electron chi connectivity index (χ1n) is 7.64. The van der Waals surface area contributed by atoms with Crippen molar-refractivity contribution in [2.24, 2.45) is 0 Å². The molecular formula is C18H11F2N3O2. The van der Waals surface area contributed by atoms with Gasteiger partial charge in [-0.3, -0.25) is 9.69 Å². The number of carbonyl (C=O) groups excluding carboxylic acids is 1. The molecule has 3 heterocycles. The van der Waals surface area contributed by atoms with Crippen LogP contribution in [0.15, 0.2) is 42.4 Å². The molecule has 1 atom stereocenters. The predicted molar refractivity (Wildman–Crippen MR) is 86.8 cm³/mol. The maximum Gasteiger partial charge on any atom is 0.255 e. The van der Waals surface area contributed by atoms with Crippen molar-refractivity contribution in [2.45, 2.75) is 6.04 Å². The van der Waals surface area contributed by atoms with E-state index in [-0.39, 0.29) is 11.5 Å². The van der Waals surface area contributed by atoms with E-state index in [1.54, 1.807) is 12.1 Å². The van der Waals surface area contributed by atoms with E-state index in [1.807, 2.05) is 0 Å². The molecule has 0 bridgehead atoms. The van der Waals surface area contributed by atoms with Crippen LogP contribution in [0.2, 0.25) is 0 Å². The number of imidazole rings is 1. The summed E-state index contributed by atoms with van der Waals surface area (Å²) in [5.74, 6) is -1.35. The van der Waals surface area contributed by atoms with Gasteiger partial charge < -0.3 is 9.72 Å². The lowest BCUT2D eigenvalue weighted by Gasteiger charge is -2.35. The second-order valence-electron chi connectivity index (χ2n) is 5.97. The fraction of sp³-hybridized carbons (Fsp3) is 0.111. The van der Waals surface area contributed by atoms with E-state index in [1.165, 1.54) is 30.5 Å². The maximum atomic E-state index is 14.8. The summed E-state index contributed by atoms with van der Waals surface area (Å²) in [6.07, 6.45) is 2.85. The molecule has 0 spiro atoms. The van der Waals surface area contributed by atoms with Crippen molar-refractivity contribution in [3.05, 3.63) is 59.6 Å². The van der Waals surface area contributed by atoms with Gasteiger partial charge in [0.1, 0.15) is 23.4 Å². The van der Waals surface area contributed by atoms with E-state index in [9.17, 15) is 13.6 Å². The molecule has 25 heavy (non-hydrogen) atoms. The molecule has 0 aliphatic carbocycles. The number of anilines is 1. The highest BCUT2D eigenvalue weighted by Crippen LogP contribution is 2.52. The van der Waals surface area contributed by atoms with E-state index in [0.29, 0.717) is 33.6 Å². The van der Waals surface area contributed by atoms with Gasteiger partial charge in [0.25, 0.3) is 5.91 Å². The number of hydrogen-bond donors (Lipinski definition) is 1. The number of amides is 1. The van der Waals surface area contributed by atoms with Crippen molar-refractivity contribution >= 4 is 22.6 Å². The van der Waals surface area contributed by atoms with Gasteiger partial charge in [-0.05, 0) is 23.8 Å². The largest absolute Gasteiger partial charge is 0.498 e. The molecular weight excluding hydrogens is 328 g/mol. The Morgan fingerprint density at radius 3 is 2.88 bits per heavy atom. The number of methoxy groups -OCH3 is 1. The van der Waals surface area contributed by atoms with E-state index < -0.39 is 17.7 Å². The van der Waals surface area contributed by atoms with Crippen molar-refractivity contribution in [1.29, 1.82) is 0 Å².